The molecule has 2 rings (SSSR count). The Morgan fingerprint density at radius 2 is 1.60 bits per heavy atom. The molecular weight excluding hydrogens is 291 g/mol. The molecule has 0 aliphatic carbocycles. The molecular formula is C14H7ClF3NO. The first-order valence-electron chi connectivity index (χ1n) is 5.45. The van der Waals surface area contributed by atoms with Crippen LogP contribution in [-0.4, -0.2) is 0 Å². The van der Waals surface area contributed by atoms with Gasteiger partial charge in [0, 0.05) is 5.02 Å². The van der Waals surface area contributed by atoms with Gasteiger partial charge in [-0.25, -0.2) is 0 Å². The molecule has 0 atom stereocenters. The fourth-order valence-corrected chi connectivity index (χ4v) is 1.69. The van der Waals surface area contributed by atoms with Crippen LogP contribution in [0.4, 0.5) is 13.2 Å². The lowest BCUT2D eigenvalue weighted by Crippen LogP contribution is -2.07. The molecule has 0 saturated heterocycles. The van der Waals surface area contributed by atoms with E-state index in [2.05, 4.69) is 0 Å². The van der Waals surface area contributed by atoms with Crippen molar-refractivity contribution in [1.82, 2.24) is 0 Å². The number of hydrogen-bond acceptors (Lipinski definition) is 2. The van der Waals surface area contributed by atoms with E-state index in [4.69, 9.17) is 21.6 Å². The summed E-state index contributed by atoms with van der Waals surface area (Å²) in [7, 11) is 0. The summed E-state index contributed by atoms with van der Waals surface area (Å²) in [5.41, 5.74) is -1.47. The Kier molecular flexibility index (Phi) is 3.86. The zero-order chi connectivity index (χ0) is 14.8. The average Bonchev–Trinajstić information content (AvgIpc) is 2.40. The SMILES string of the molecule is N#Cc1cc(Oc2ccc(Cl)cc2)ccc1C(F)(F)F. The van der Waals surface area contributed by atoms with Crippen LogP contribution in [0.5, 0.6) is 11.5 Å². The molecule has 0 aliphatic heterocycles. The Hall–Kier alpha value is -2.19. The first-order chi connectivity index (χ1) is 9.40. The van der Waals surface area contributed by atoms with Gasteiger partial charge in [-0.3, -0.25) is 0 Å². The number of alkyl halides is 3. The van der Waals surface area contributed by atoms with Crippen LogP contribution in [-0.2, 0) is 6.18 Å². The largest absolute Gasteiger partial charge is 0.457 e. The second kappa shape index (κ2) is 5.43. The minimum Gasteiger partial charge on any atom is -0.457 e. The molecule has 102 valence electrons. The summed E-state index contributed by atoms with van der Waals surface area (Å²) in [5, 5.41) is 9.30. The summed E-state index contributed by atoms with van der Waals surface area (Å²) in [6.45, 7) is 0. The van der Waals surface area contributed by atoms with Gasteiger partial charge in [-0.1, -0.05) is 11.6 Å². The molecule has 0 unspecified atom stereocenters. The molecule has 0 amide bonds. The fraction of sp³-hybridized carbons (Fsp3) is 0.0714. The normalized spacial score (nSPS) is 10.9. The molecule has 0 spiro atoms. The van der Waals surface area contributed by atoms with E-state index < -0.39 is 17.3 Å². The van der Waals surface area contributed by atoms with Crippen LogP contribution >= 0.6 is 11.6 Å². The maximum absolute atomic E-state index is 12.6. The molecule has 0 fully saturated rings. The Bertz CT molecular complexity index is 660. The molecule has 0 saturated carbocycles. The highest BCUT2D eigenvalue weighted by Gasteiger charge is 2.33. The van der Waals surface area contributed by atoms with Gasteiger partial charge in [-0.05, 0) is 42.5 Å². The highest BCUT2D eigenvalue weighted by Crippen LogP contribution is 2.34. The third-order valence-corrected chi connectivity index (χ3v) is 2.72. The Morgan fingerprint density at radius 1 is 1.00 bits per heavy atom. The Morgan fingerprint density at radius 3 is 2.15 bits per heavy atom. The van der Waals surface area contributed by atoms with Crippen molar-refractivity contribution in [2.24, 2.45) is 0 Å². The van der Waals surface area contributed by atoms with Crippen LogP contribution < -0.4 is 4.74 Å². The molecule has 0 N–H and O–H groups in total. The summed E-state index contributed by atoms with van der Waals surface area (Å²) in [6.07, 6.45) is -4.57. The van der Waals surface area contributed by atoms with Gasteiger partial charge >= 0.3 is 6.18 Å². The highest BCUT2D eigenvalue weighted by atomic mass is 35.5. The summed E-state index contributed by atoms with van der Waals surface area (Å²) >= 11 is 5.71. The second-order valence-electron chi connectivity index (χ2n) is 3.87. The number of ether oxygens (including phenoxy) is 1. The van der Waals surface area contributed by atoms with E-state index in [0.717, 1.165) is 18.2 Å². The van der Waals surface area contributed by atoms with E-state index in [0.29, 0.717) is 10.8 Å². The van der Waals surface area contributed by atoms with Crippen molar-refractivity contribution in [2.75, 3.05) is 0 Å². The van der Waals surface area contributed by atoms with Crippen molar-refractivity contribution >= 4 is 11.6 Å². The molecule has 2 aromatic rings. The van der Waals surface area contributed by atoms with Crippen LogP contribution in [0.2, 0.25) is 5.02 Å². The molecule has 2 nitrogen and oxygen atoms in total. The molecule has 0 heterocycles. The predicted molar refractivity (Wildman–Crippen MR) is 67.7 cm³/mol. The van der Waals surface area contributed by atoms with E-state index in [1.165, 1.54) is 6.07 Å². The maximum Gasteiger partial charge on any atom is 0.417 e. The fourth-order valence-electron chi connectivity index (χ4n) is 1.57. The summed E-state index contributed by atoms with van der Waals surface area (Å²) in [6, 6.07) is 10.9. The van der Waals surface area contributed by atoms with Crippen molar-refractivity contribution < 1.29 is 17.9 Å². The molecule has 0 aromatic heterocycles. The number of rotatable bonds is 2. The van der Waals surface area contributed by atoms with Gasteiger partial charge in [0.1, 0.15) is 11.5 Å². The lowest BCUT2D eigenvalue weighted by molar-refractivity contribution is -0.137. The van der Waals surface area contributed by atoms with Crippen molar-refractivity contribution in [2.45, 2.75) is 6.18 Å². The smallest absolute Gasteiger partial charge is 0.417 e. The second-order valence-corrected chi connectivity index (χ2v) is 4.31. The average molecular weight is 298 g/mol. The third-order valence-electron chi connectivity index (χ3n) is 2.47. The van der Waals surface area contributed by atoms with Crippen LogP contribution in [0.3, 0.4) is 0 Å². The number of hydrogen-bond donors (Lipinski definition) is 0. The highest BCUT2D eigenvalue weighted by molar-refractivity contribution is 6.30. The van der Waals surface area contributed by atoms with Crippen molar-refractivity contribution in [3.8, 4) is 17.6 Å². The quantitative estimate of drug-likeness (QED) is 0.779. The van der Waals surface area contributed by atoms with Crippen LogP contribution in [0.25, 0.3) is 0 Å². The lowest BCUT2D eigenvalue weighted by Gasteiger charge is -2.11. The van der Waals surface area contributed by atoms with Gasteiger partial charge in [0.2, 0.25) is 0 Å². The van der Waals surface area contributed by atoms with E-state index >= 15 is 0 Å². The van der Waals surface area contributed by atoms with Crippen LogP contribution in [0.15, 0.2) is 42.5 Å². The van der Waals surface area contributed by atoms with Crippen molar-refractivity contribution in [3.63, 3.8) is 0 Å². The van der Waals surface area contributed by atoms with Crippen molar-refractivity contribution in [1.29, 1.82) is 5.26 Å². The van der Waals surface area contributed by atoms with Crippen LogP contribution in [0, 0.1) is 11.3 Å². The third kappa shape index (κ3) is 3.22. The van der Waals surface area contributed by atoms with Gasteiger partial charge in [-0.15, -0.1) is 0 Å². The molecule has 0 radical (unpaired) electrons. The van der Waals surface area contributed by atoms with E-state index in [-0.39, 0.29) is 5.75 Å². The standard InChI is InChI=1S/C14H7ClF3NO/c15-10-1-3-11(4-2-10)20-12-5-6-13(14(16,17)18)9(7-12)8-19/h1-7H. The zero-order valence-corrected chi connectivity index (χ0v) is 10.7. The van der Waals surface area contributed by atoms with E-state index in [1.807, 2.05) is 0 Å². The topological polar surface area (TPSA) is 33.0 Å². The first kappa shape index (κ1) is 14.2. The number of benzene rings is 2. The monoisotopic (exact) mass is 297 g/mol. The summed E-state index contributed by atoms with van der Waals surface area (Å²) in [5.74, 6) is 0.565. The Labute approximate surface area is 118 Å². The minimum absolute atomic E-state index is 0.150. The molecule has 0 aliphatic rings. The summed E-state index contributed by atoms with van der Waals surface area (Å²) < 4.78 is 43.3. The van der Waals surface area contributed by atoms with E-state index in [9.17, 15) is 13.2 Å². The van der Waals surface area contributed by atoms with Gasteiger partial charge < -0.3 is 4.74 Å². The van der Waals surface area contributed by atoms with Gasteiger partial charge in [0.15, 0.2) is 0 Å². The number of nitriles is 1. The van der Waals surface area contributed by atoms with Gasteiger partial charge in [-0.2, -0.15) is 18.4 Å². The van der Waals surface area contributed by atoms with Gasteiger partial charge in [0.25, 0.3) is 0 Å². The summed E-state index contributed by atoms with van der Waals surface area (Å²) in [4.78, 5) is 0. The lowest BCUT2D eigenvalue weighted by atomic mass is 10.1. The minimum atomic E-state index is -4.57. The molecule has 0 bridgehead atoms. The van der Waals surface area contributed by atoms with Crippen LogP contribution in [0.1, 0.15) is 11.1 Å². The van der Waals surface area contributed by atoms with Gasteiger partial charge in [0.05, 0.1) is 17.2 Å². The molecule has 20 heavy (non-hydrogen) atoms. The van der Waals surface area contributed by atoms with E-state index in [1.54, 1.807) is 24.3 Å². The molecule has 6 heteroatoms. The predicted octanol–water partition coefficient (Wildman–Crippen LogP) is 5.02. The zero-order valence-electron chi connectivity index (χ0n) is 9.91. The maximum atomic E-state index is 12.6. The number of halogens is 4. The number of nitrogens with zero attached hydrogens (tertiary/aromatic N) is 1. The first-order valence-corrected chi connectivity index (χ1v) is 5.83. The van der Waals surface area contributed by atoms with Crippen molar-refractivity contribution in [3.05, 3.63) is 58.6 Å². The molecule has 2 aromatic carbocycles. The Balaban J connectivity index is 2.31.